The van der Waals surface area contributed by atoms with Gasteiger partial charge in [-0.25, -0.2) is 0 Å². The molecule has 0 aliphatic rings. The van der Waals surface area contributed by atoms with Crippen LogP contribution in [0.4, 0.5) is 0 Å². The van der Waals surface area contributed by atoms with Crippen LogP contribution in [0.1, 0.15) is 27.2 Å². The first-order chi connectivity index (χ1) is 5.49. The van der Waals surface area contributed by atoms with Crippen LogP contribution in [0.25, 0.3) is 0 Å². The van der Waals surface area contributed by atoms with Crippen molar-refractivity contribution >= 4 is 5.97 Å². The predicted octanol–water partition coefficient (Wildman–Crippen LogP) is -3.92. The van der Waals surface area contributed by atoms with Crippen LogP contribution in [-0.2, 0) is 4.79 Å². The molecule has 2 unspecified atom stereocenters. The van der Waals surface area contributed by atoms with Gasteiger partial charge in [-0.1, -0.05) is 20.8 Å². The van der Waals surface area contributed by atoms with Crippen molar-refractivity contribution in [1.29, 1.82) is 0 Å². The summed E-state index contributed by atoms with van der Waals surface area (Å²) in [5, 5.41) is 22.2. The van der Waals surface area contributed by atoms with Crippen LogP contribution in [0.5, 0.6) is 0 Å². The first-order valence-electron chi connectivity index (χ1n) is 4.14. The average Bonchev–Trinajstić information content (AvgIpc) is 1.98. The van der Waals surface area contributed by atoms with Crippen molar-refractivity contribution < 1.29 is 44.6 Å². The summed E-state index contributed by atoms with van der Waals surface area (Å²) in [5.41, 5.74) is 0. The van der Waals surface area contributed by atoms with Gasteiger partial charge in [-0.3, -0.25) is 5.32 Å². The van der Waals surface area contributed by atoms with E-state index in [-0.39, 0.29) is 35.5 Å². The number of carboxylic acid groups (broad SMARTS) is 1. The minimum atomic E-state index is -1.17. The fraction of sp³-hybridized carbons (Fsp3) is 0.875. The molecule has 0 rings (SSSR count). The Balaban J connectivity index is 0. The number of aliphatic carboxylic acids is 1. The summed E-state index contributed by atoms with van der Waals surface area (Å²) in [6, 6.07) is -0.762. The zero-order chi connectivity index (χ0) is 9.72. The molecule has 4 nitrogen and oxygen atoms in total. The van der Waals surface area contributed by atoms with E-state index in [0.29, 0.717) is 6.42 Å². The van der Waals surface area contributed by atoms with E-state index in [0.717, 1.165) is 0 Å². The molecular weight excluding hydrogens is 181 g/mol. The molecule has 0 fully saturated rings. The molecule has 0 saturated carbocycles. The number of rotatable bonds is 5. The van der Waals surface area contributed by atoms with Crippen LogP contribution >= 0.6 is 0 Å². The number of hydrogen-bond donors (Lipinski definition) is 2. The Morgan fingerprint density at radius 3 is 2.23 bits per heavy atom. The summed E-state index contributed by atoms with van der Waals surface area (Å²) in [5.74, 6) is -1.17. The van der Waals surface area contributed by atoms with Crippen LogP contribution in [0, 0.1) is 5.92 Å². The Kier molecular flexibility index (Phi) is 9.46. The van der Waals surface area contributed by atoms with Gasteiger partial charge >= 0.3 is 29.6 Å². The zero-order valence-electron chi connectivity index (χ0n) is 8.70. The van der Waals surface area contributed by atoms with Crippen molar-refractivity contribution in [2.75, 3.05) is 0 Å². The summed E-state index contributed by atoms with van der Waals surface area (Å²) >= 11 is 0. The van der Waals surface area contributed by atoms with Crippen molar-refractivity contribution in [1.82, 2.24) is 5.32 Å². The van der Waals surface area contributed by atoms with Gasteiger partial charge in [0.25, 0.3) is 0 Å². The second-order valence-electron chi connectivity index (χ2n) is 3.14. The van der Waals surface area contributed by atoms with E-state index >= 15 is 0 Å². The summed E-state index contributed by atoms with van der Waals surface area (Å²) in [6.07, 6.45) is -0.376. The maximum atomic E-state index is 10.4. The van der Waals surface area contributed by atoms with E-state index in [1.54, 1.807) is 20.8 Å². The van der Waals surface area contributed by atoms with Gasteiger partial charge in [0.1, 0.15) is 6.23 Å². The van der Waals surface area contributed by atoms with E-state index in [1.165, 1.54) is 0 Å². The number of carbonyl (C=O) groups excluding carboxylic acids is 1. The molecule has 0 aromatic heterocycles. The third-order valence-electron chi connectivity index (χ3n) is 1.70. The van der Waals surface area contributed by atoms with Crippen molar-refractivity contribution in [3.63, 3.8) is 0 Å². The van der Waals surface area contributed by atoms with Gasteiger partial charge in [0.15, 0.2) is 0 Å². The molecule has 0 saturated heterocycles. The van der Waals surface area contributed by atoms with Crippen LogP contribution in [0.2, 0.25) is 0 Å². The molecule has 72 valence electrons. The third-order valence-corrected chi connectivity index (χ3v) is 1.70. The van der Waals surface area contributed by atoms with Crippen LogP contribution in [-0.4, -0.2) is 23.3 Å². The molecule has 0 aromatic carbocycles. The fourth-order valence-electron chi connectivity index (χ4n) is 0.751. The molecule has 0 amide bonds. The Morgan fingerprint density at radius 1 is 1.54 bits per heavy atom. The average molecular weight is 197 g/mol. The molecular formula is C8H16NNaO3. The quantitative estimate of drug-likeness (QED) is 0.349. The molecule has 0 heterocycles. The van der Waals surface area contributed by atoms with Gasteiger partial charge in [-0.2, -0.15) is 0 Å². The Hall–Kier alpha value is 0.390. The molecule has 2 atom stereocenters. The largest absolute Gasteiger partial charge is 1.00 e. The van der Waals surface area contributed by atoms with E-state index < -0.39 is 18.2 Å². The molecule has 2 N–H and O–H groups in total. The number of nitrogens with one attached hydrogen (secondary N) is 1. The number of carboxylic acids is 1. The number of carbonyl (C=O) groups is 1. The van der Waals surface area contributed by atoms with Crippen LogP contribution in [0.3, 0.4) is 0 Å². The number of aliphatic hydroxyl groups excluding tert-OH is 1. The van der Waals surface area contributed by atoms with Crippen LogP contribution < -0.4 is 40.0 Å². The molecule has 0 radical (unpaired) electrons. The topological polar surface area (TPSA) is 72.4 Å². The molecule has 0 aliphatic carbocycles. The van der Waals surface area contributed by atoms with Gasteiger partial charge in [0.2, 0.25) is 0 Å². The SMILES string of the molecule is CCC(NC(O)C(C)C)C(=O)[O-].[Na+]. The first kappa shape index (κ1) is 15.8. The minimum Gasteiger partial charge on any atom is -0.548 e. The maximum absolute atomic E-state index is 10.4. The summed E-state index contributed by atoms with van der Waals surface area (Å²) in [4.78, 5) is 10.4. The van der Waals surface area contributed by atoms with Crippen LogP contribution in [0.15, 0.2) is 0 Å². The summed E-state index contributed by atoms with van der Waals surface area (Å²) in [7, 11) is 0. The molecule has 0 aromatic rings. The predicted molar refractivity (Wildman–Crippen MR) is 43.1 cm³/mol. The Labute approximate surface area is 101 Å². The molecule has 0 spiro atoms. The van der Waals surface area contributed by atoms with E-state index in [4.69, 9.17) is 0 Å². The number of hydrogen-bond acceptors (Lipinski definition) is 4. The zero-order valence-corrected chi connectivity index (χ0v) is 10.7. The smallest absolute Gasteiger partial charge is 0.548 e. The van der Waals surface area contributed by atoms with Gasteiger partial charge in [-0.15, -0.1) is 0 Å². The monoisotopic (exact) mass is 197 g/mol. The second-order valence-corrected chi connectivity index (χ2v) is 3.14. The normalized spacial score (nSPS) is 14.8. The summed E-state index contributed by atoms with van der Waals surface area (Å²) in [6.45, 7) is 5.33. The van der Waals surface area contributed by atoms with Crippen molar-refractivity contribution in [3.05, 3.63) is 0 Å². The first-order valence-corrected chi connectivity index (χ1v) is 4.14. The fourth-order valence-corrected chi connectivity index (χ4v) is 0.751. The Bertz CT molecular complexity index is 152. The van der Waals surface area contributed by atoms with Gasteiger partial charge in [0, 0.05) is 6.04 Å². The second kappa shape index (κ2) is 7.76. The maximum Gasteiger partial charge on any atom is 1.00 e. The standard InChI is InChI=1S/C8H17NO3.Na/c1-4-6(8(11)12)9-7(10)5(2)3;/h5-7,9-10H,4H2,1-3H3,(H,11,12);/q;+1/p-1. The van der Waals surface area contributed by atoms with Crippen molar-refractivity contribution in [3.8, 4) is 0 Å². The molecule has 0 aliphatic heterocycles. The number of aliphatic hydroxyl groups is 1. The van der Waals surface area contributed by atoms with E-state index in [2.05, 4.69) is 5.32 Å². The van der Waals surface area contributed by atoms with Gasteiger partial charge in [0.05, 0.1) is 5.97 Å². The molecule has 0 bridgehead atoms. The minimum absolute atomic E-state index is 0. The third kappa shape index (κ3) is 6.46. The summed E-state index contributed by atoms with van der Waals surface area (Å²) < 4.78 is 0. The molecule has 13 heavy (non-hydrogen) atoms. The van der Waals surface area contributed by atoms with Crippen molar-refractivity contribution in [2.24, 2.45) is 5.92 Å². The molecule has 5 heteroatoms. The Morgan fingerprint density at radius 2 is 2.00 bits per heavy atom. The van der Waals surface area contributed by atoms with E-state index in [9.17, 15) is 15.0 Å². The van der Waals surface area contributed by atoms with E-state index in [1.807, 2.05) is 0 Å². The van der Waals surface area contributed by atoms with Gasteiger partial charge in [-0.05, 0) is 12.3 Å². The van der Waals surface area contributed by atoms with Crippen molar-refractivity contribution in [2.45, 2.75) is 39.5 Å². The van der Waals surface area contributed by atoms with Gasteiger partial charge < -0.3 is 15.0 Å².